The van der Waals surface area contributed by atoms with Gasteiger partial charge in [0.05, 0.1) is 21.3 Å². The van der Waals surface area contributed by atoms with Crippen molar-refractivity contribution in [1.82, 2.24) is 0 Å². The highest BCUT2D eigenvalue weighted by molar-refractivity contribution is 7.78. The van der Waals surface area contributed by atoms with Gasteiger partial charge in [0, 0.05) is 16.4 Å². The Morgan fingerprint density at radius 2 is 1.62 bits per heavy atom. The van der Waals surface area contributed by atoms with E-state index in [1.54, 1.807) is 35.6 Å². The normalized spacial score (nSPS) is 13.0. The van der Waals surface area contributed by atoms with E-state index < -0.39 is 11.6 Å². The van der Waals surface area contributed by atoms with E-state index >= 15 is 0 Å². The van der Waals surface area contributed by atoms with Gasteiger partial charge in [-0.3, -0.25) is 0 Å². The van der Waals surface area contributed by atoms with Crippen LogP contribution in [0, 0.1) is 23.5 Å². The molecule has 3 aromatic rings. The molecule has 1 nitrogen and oxygen atoms in total. The lowest BCUT2D eigenvalue weighted by atomic mass is 10.0. The number of halogens is 2. The fourth-order valence-corrected chi connectivity index (χ4v) is 4.39. The van der Waals surface area contributed by atoms with Gasteiger partial charge in [-0.15, -0.1) is 11.3 Å². The monoisotopic (exact) mass is 419 g/mol. The Hall–Kier alpha value is -2.90. The second-order valence-corrected chi connectivity index (χ2v) is 7.95. The minimum absolute atomic E-state index is 0.0828. The molecule has 1 aliphatic carbocycles. The van der Waals surface area contributed by atoms with Gasteiger partial charge < -0.3 is 0 Å². The molecule has 0 saturated carbocycles. The molecule has 0 radical (unpaired) electrons. The van der Waals surface area contributed by atoms with Crippen molar-refractivity contribution < 1.29 is 8.78 Å². The molecule has 0 fully saturated rings. The number of thiophene rings is 1. The van der Waals surface area contributed by atoms with Crippen LogP contribution in [0.2, 0.25) is 0 Å². The Kier molecular flexibility index (Phi) is 5.78. The maximum absolute atomic E-state index is 14.6. The number of nitrogens with zero attached hydrogens (tertiary/aromatic N) is 1. The van der Waals surface area contributed by atoms with E-state index in [4.69, 9.17) is 0 Å². The van der Waals surface area contributed by atoms with Gasteiger partial charge >= 0.3 is 0 Å². The number of hydrogen-bond donors (Lipinski definition) is 0. The topological polar surface area (TPSA) is 12.4 Å². The van der Waals surface area contributed by atoms with Crippen LogP contribution in [0.25, 0.3) is 11.1 Å². The van der Waals surface area contributed by atoms with Crippen molar-refractivity contribution in [2.24, 2.45) is 4.99 Å². The molecule has 0 saturated heterocycles. The Bertz CT molecular complexity index is 1160. The van der Waals surface area contributed by atoms with Crippen molar-refractivity contribution in [3.05, 3.63) is 87.6 Å². The SMILES string of the molecule is Fc1cc(C#Cc2ccc(C3CC=CC3)s2)cc(F)c1-c1ccc(N=C=S)cc1. The summed E-state index contributed by atoms with van der Waals surface area (Å²) in [5, 5.41) is 2.26. The zero-order valence-electron chi connectivity index (χ0n) is 15.3. The number of allylic oxidation sites excluding steroid dienone is 2. The van der Waals surface area contributed by atoms with E-state index in [1.165, 1.54) is 17.0 Å². The predicted molar refractivity (Wildman–Crippen MR) is 118 cm³/mol. The van der Waals surface area contributed by atoms with Crippen LogP contribution >= 0.6 is 23.6 Å². The Balaban J connectivity index is 1.58. The van der Waals surface area contributed by atoms with E-state index in [0.717, 1.165) is 17.7 Å². The number of hydrogen-bond acceptors (Lipinski definition) is 3. The highest BCUT2D eigenvalue weighted by Gasteiger charge is 2.15. The van der Waals surface area contributed by atoms with Gasteiger partial charge in [-0.2, -0.15) is 4.99 Å². The predicted octanol–water partition coefficient (Wildman–Crippen LogP) is 7.26. The summed E-state index contributed by atoms with van der Waals surface area (Å²) in [5.74, 6) is 5.14. The largest absolute Gasteiger partial charge is 0.206 e. The van der Waals surface area contributed by atoms with Crippen LogP contribution in [0.15, 0.2) is 65.7 Å². The summed E-state index contributed by atoms with van der Waals surface area (Å²) in [6.07, 6.45) is 6.51. The van der Waals surface area contributed by atoms with Crippen molar-refractivity contribution in [3.63, 3.8) is 0 Å². The maximum atomic E-state index is 14.6. The summed E-state index contributed by atoms with van der Waals surface area (Å²) in [7, 11) is 0. The number of thiocarbonyl (C=S) groups is 1. The van der Waals surface area contributed by atoms with Crippen LogP contribution in [-0.2, 0) is 0 Å². The highest BCUT2D eigenvalue weighted by Crippen LogP contribution is 2.34. The molecule has 0 aliphatic heterocycles. The Morgan fingerprint density at radius 3 is 2.28 bits per heavy atom. The average molecular weight is 420 g/mol. The van der Waals surface area contributed by atoms with Crippen LogP contribution in [0.1, 0.15) is 34.1 Å². The zero-order chi connectivity index (χ0) is 20.2. The summed E-state index contributed by atoms with van der Waals surface area (Å²) in [5.41, 5.74) is 1.23. The van der Waals surface area contributed by atoms with Crippen LogP contribution in [0.3, 0.4) is 0 Å². The first kappa shape index (κ1) is 19.4. The Labute approximate surface area is 177 Å². The van der Waals surface area contributed by atoms with Crippen LogP contribution in [-0.4, -0.2) is 5.16 Å². The van der Waals surface area contributed by atoms with Crippen LogP contribution < -0.4 is 0 Å². The van der Waals surface area contributed by atoms with Gasteiger partial charge in [-0.25, -0.2) is 8.78 Å². The third-order valence-corrected chi connectivity index (χ3v) is 5.99. The first-order chi connectivity index (χ1) is 14.1. The lowest BCUT2D eigenvalue weighted by molar-refractivity contribution is 0.589. The molecule has 1 aromatic heterocycles. The summed E-state index contributed by atoms with van der Waals surface area (Å²) >= 11 is 6.19. The number of benzene rings is 2. The van der Waals surface area contributed by atoms with E-state index in [2.05, 4.69) is 52.4 Å². The summed E-state index contributed by atoms with van der Waals surface area (Å²) in [4.78, 5) is 6.03. The molecule has 1 heterocycles. The smallest absolute Gasteiger partial charge is 0.135 e. The summed E-state index contributed by atoms with van der Waals surface area (Å²) in [6.45, 7) is 0. The average Bonchev–Trinajstić information content (AvgIpc) is 3.39. The third-order valence-electron chi connectivity index (χ3n) is 4.74. The molecule has 0 unspecified atom stereocenters. The lowest BCUT2D eigenvalue weighted by Gasteiger charge is -2.06. The van der Waals surface area contributed by atoms with Gasteiger partial charge in [-0.1, -0.05) is 36.1 Å². The standard InChI is InChI=1S/C24H15F2NS2/c25-21-13-16(5-10-20-11-12-23(29-20)17-3-1-2-4-17)14-22(26)24(21)18-6-8-19(9-7-18)27-15-28/h1-2,6-9,11-14,17H,3-4H2. The van der Waals surface area contributed by atoms with E-state index in [-0.39, 0.29) is 5.56 Å². The lowest BCUT2D eigenvalue weighted by Crippen LogP contribution is -1.92. The molecular formula is C24H15F2NS2. The molecule has 142 valence electrons. The zero-order valence-corrected chi connectivity index (χ0v) is 16.9. The molecule has 29 heavy (non-hydrogen) atoms. The summed E-state index contributed by atoms with van der Waals surface area (Å²) < 4.78 is 29.2. The third kappa shape index (κ3) is 4.41. The number of rotatable bonds is 3. The second-order valence-electron chi connectivity index (χ2n) is 6.66. The van der Waals surface area contributed by atoms with Crippen molar-refractivity contribution in [2.75, 3.05) is 0 Å². The van der Waals surface area contributed by atoms with Crippen molar-refractivity contribution in [1.29, 1.82) is 0 Å². The summed E-state index contributed by atoms with van der Waals surface area (Å²) in [6, 6.07) is 13.1. The highest BCUT2D eigenvalue weighted by atomic mass is 32.1. The van der Waals surface area contributed by atoms with Gasteiger partial charge in [0.15, 0.2) is 0 Å². The minimum Gasteiger partial charge on any atom is -0.206 e. The molecule has 1 aliphatic rings. The van der Waals surface area contributed by atoms with Gasteiger partial charge in [-0.05, 0) is 67.0 Å². The first-order valence-electron chi connectivity index (χ1n) is 9.08. The molecule has 4 rings (SSSR count). The fraction of sp³-hybridized carbons (Fsp3) is 0.125. The van der Waals surface area contributed by atoms with Crippen LogP contribution in [0.5, 0.6) is 0 Å². The van der Waals surface area contributed by atoms with Gasteiger partial charge in [0.2, 0.25) is 0 Å². The molecule has 0 amide bonds. The van der Waals surface area contributed by atoms with E-state index in [9.17, 15) is 8.78 Å². The molecule has 0 atom stereocenters. The molecule has 5 heteroatoms. The second kappa shape index (κ2) is 8.63. The van der Waals surface area contributed by atoms with Crippen LogP contribution in [0.4, 0.5) is 14.5 Å². The fourth-order valence-electron chi connectivity index (χ4n) is 3.30. The van der Waals surface area contributed by atoms with E-state index in [1.807, 2.05) is 6.07 Å². The number of aliphatic imine (C=N–C) groups is 1. The Morgan fingerprint density at radius 1 is 0.931 bits per heavy atom. The molecule has 0 N–H and O–H groups in total. The molecule has 2 aromatic carbocycles. The van der Waals surface area contributed by atoms with Crippen molar-refractivity contribution >= 4 is 34.4 Å². The number of isothiocyanates is 1. The van der Waals surface area contributed by atoms with E-state index in [0.29, 0.717) is 22.7 Å². The molecular weight excluding hydrogens is 404 g/mol. The quantitative estimate of drug-likeness (QED) is 0.188. The van der Waals surface area contributed by atoms with Gasteiger partial charge in [0.1, 0.15) is 11.6 Å². The first-order valence-corrected chi connectivity index (χ1v) is 10.3. The molecule has 0 bridgehead atoms. The molecule has 0 spiro atoms. The van der Waals surface area contributed by atoms with Gasteiger partial charge in [0.25, 0.3) is 0 Å². The minimum atomic E-state index is -0.649. The van der Waals surface area contributed by atoms with Crippen molar-refractivity contribution in [2.45, 2.75) is 18.8 Å². The maximum Gasteiger partial charge on any atom is 0.135 e. The van der Waals surface area contributed by atoms with Crippen molar-refractivity contribution in [3.8, 4) is 23.0 Å².